The van der Waals surface area contributed by atoms with Crippen LogP contribution in [0.25, 0.3) is 0 Å². The van der Waals surface area contributed by atoms with Crippen LogP contribution in [-0.4, -0.2) is 19.0 Å². The van der Waals surface area contributed by atoms with Gasteiger partial charge in [0.25, 0.3) is 0 Å². The fraction of sp³-hybridized carbons (Fsp3) is 0.933. The number of nitrogens with one attached hydrogen (secondary N) is 1. The number of carbonyl (C=O) groups excluding carboxylic acids is 1. The second kappa shape index (κ2) is 6.05. The van der Waals surface area contributed by atoms with Crippen molar-refractivity contribution in [2.24, 2.45) is 35.3 Å². The predicted molar refractivity (Wildman–Crippen MR) is 73.9 cm³/mol. The first-order valence-electron chi connectivity index (χ1n) is 7.58. The number of hydrogen-bond donors (Lipinski definition) is 2. The van der Waals surface area contributed by atoms with Crippen LogP contribution in [0, 0.1) is 29.6 Å². The van der Waals surface area contributed by atoms with Gasteiger partial charge in [0.1, 0.15) is 0 Å². The molecule has 0 radical (unpaired) electrons. The van der Waals surface area contributed by atoms with Crippen LogP contribution >= 0.6 is 0 Å². The minimum Gasteiger partial charge on any atom is -0.356 e. The first-order valence-corrected chi connectivity index (χ1v) is 7.58. The van der Waals surface area contributed by atoms with E-state index in [4.69, 9.17) is 5.73 Å². The second-order valence-electron chi connectivity index (χ2n) is 6.74. The highest BCUT2D eigenvalue weighted by Crippen LogP contribution is 2.47. The number of hydrogen-bond acceptors (Lipinski definition) is 2. The van der Waals surface area contributed by atoms with Crippen LogP contribution in [0.15, 0.2) is 0 Å². The van der Waals surface area contributed by atoms with Crippen molar-refractivity contribution in [2.75, 3.05) is 13.1 Å². The molecule has 3 nitrogen and oxygen atoms in total. The Hall–Kier alpha value is -0.570. The van der Waals surface area contributed by atoms with E-state index in [0.29, 0.717) is 12.5 Å². The normalized spacial score (nSPS) is 31.9. The number of nitrogens with two attached hydrogens (primary N) is 1. The maximum atomic E-state index is 12.1. The van der Waals surface area contributed by atoms with Gasteiger partial charge in [-0.1, -0.05) is 20.3 Å². The molecule has 2 aliphatic carbocycles. The van der Waals surface area contributed by atoms with Crippen LogP contribution in [-0.2, 0) is 4.79 Å². The van der Waals surface area contributed by atoms with Crippen LogP contribution in [0.1, 0.15) is 46.0 Å². The van der Waals surface area contributed by atoms with Crippen molar-refractivity contribution < 1.29 is 4.79 Å². The van der Waals surface area contributed by atoms with Gasteiger partial charge in [-0.25, -0.2) is 0 Å². The van der Waals surface area contributed by atoms with E-state index in [9.17, 15) is 4.79 Å². The van der Waals surface area contributed by atoms with Crippen molar-refractivity contribution >= 4 is 5.91 Å². The zero-order chi connectivity index (χ0) is 13.1. The Bertz CT molecular complexity index is 290. The van der Waals surface area contributed by atoms with Crippen molar-refractivity contribution in [3.05, 3.63) is 0 Å². The highest BCUT2D eigenvalue weighted by Gasteiger charge is 2.39. The van der Waals surface area contributed by atoms with Gasteiger partial charge in [0.15, 0.2) is 0 Å². The van der Waals surface area contributed by atoms with E-state index in [1.807, 2.05) is 0 Å². The molecule has 3 heteroatoms. The summed E-state index contributed by atoms with van der Waals surface area (Å²) in [6.45, 7) is 5.65. The summed E-state index contributed by atoms with van der Waals surface area (Å²) in [5, 5.41) is 3.15. The monoisotopic (exact) mass is 252 g/mol. The molecule has 4 unspecified atom stereocenters. The SMILES string of the molecule is CC(C)CC(CN)C(=O)NCC1CC2CCC1C2. The van der Waals surface area contributed by atoms with E-state index in [1.165, 1.54) is 25.7 Å². The molecule has 3 N–H and O–H groups in total. The van der Waals surface area contributed by atoms with Crippen LogP contribution in [0.4, 0.5) is 0 Å². The molecule has 2 aliphatic rings. The summed E-state index contributed by atoms with van der Waals surface area (Å²) in [6, 6.07) is 0. The van der Waals surface area contributed by atoms with E-state index < -0.39 is 0 Å². The van der Waals surface area contributed by atoms with Crippen LogP contribution < -0.4 is 11.1 Å². The minimum atomic E-state index is 0.00332. The van der Waals surface area contributed by atoms with E-state index in [1.54, 1.807) is 0 Å². The summed E-state index contributed by atoms with van der Waals surface area (Å²) in [7, 11) is 0. The summed E-state index contributed by atoms with van der Waals surface area (Å²) in [5.74, 6) is 3.30. The average Bonchev–Trinajstić information content (AvgIpc) is 2.94. The van der Waals surface area contributed by atoms with Crippen molar-refractivity contribution in [1.29, 1.82) is 0 Å². The third-order valence-corrected chi connectivity index (χ3v) is 4.83. The molecule has 0 aliphatic heterocycles. The van der Waals surface area contributed by atoms with Crippen LogP contribution in [0.2, 0.25) is 0 Å². The van der Waals surface area contributed by atoms with Gasteiger partial charge in [-0.05, 0) is 49.4 Å². The van der Waals surface area contributed by atoms with Gasteiger partial charge in [-0.15, -0.1) is 0 Å². The average molecular weight is 252 g/mol. The molecule has 0 saturated heterocycles. The van der Waals surface area contributed by atoms with Gasteiger partial charge >= 0.3 is 0 Å². The highest BCUT2D eigenvalue weighted by molar-refractivity contribution is 5.78. The van der Waals surface area contributed by atoms with Crippen LogP contribution in [0.3, 0.4) is 0 Å². The maximum absolute atomic E-state index is 12.1. The van der Waals surface area contributed by atoms with Crippen molar-refractivity contribution in [3.63, 3.8) is 0 Å². The Kier molecular flexibility index (Phi) is 4.66. The fourth-order valence-corrected chi connectivity index (χ4v) is 3.88. The molecule has 2 fully saturated rings. The number of fused-ring (bicyclic) bond motifs is 2. The smallest absolute Gasteiger partial charge is 0.224 e. The third kappa shape index (κ3) is 3.25. The summed E-state index contributed by atoms with van der Waals surface area (Å²) >= 11 is 0. The standard InChI is InChI=1S/C15H28N2O/c1-10(2)5-13(8-16)15(18)17-9-14-7-11-3-4-12(14)6-11/h10-14H,3-9,16H2,1-2H3,(H,17,18). The zero-order valence-electron chi connectivity index (χ0n) is 11.8. The summed E-state index contributed by atoms with van der Waals surface area (Å²) in [4.78, 5) is 12.1. The summed E-state index contributed by atoms with van der Waals surface area (Å²) < 4.78 is 0. The Morgan fingerprint density at radius 1 is 1.33 bits per heavy atom. The van der Waals surface area contributed by atoms with E-state index in [0.717, 1.165) is 30.7 Å². The largest absolute Gasteiger partial charge is 0.356 e. The van der Waals surface area contributed by atoms with Gasteiger partial charge in [-0.3, -0.25) is 4.79 Å². The van der Waals surface area contributed by atoms with Crippen LogP contribution in [0.5, 0.6) is 0 Å². The second-order valence-corrected chi connectivity index (χ2v) is 6.74. The quantitative estimate of drug-likeness (QED) is 0.761. The first-order chi connectivity index (χ1) is 8.60. The maximum Gasteiger partial charge on any atom is 0.224 e. The Morgan fingerprint density at radius 3 is 2.61 bits per heavy atom. The molecule has 0 heterocycles. The highest BCUT2D eigenvalue weighted by atomic mass is 16.1. The van der Waals surface area contributed by atoms with E-state index in [2.05, 4.69) is 19.2 Å². The third-order valence-electron chi connectivity index (χ3n) is 4.83. The lowest BCUT2D eigenvalue weighted by molar-refractivity contribution is -0.125. The Balaban J connectivity index is 1.73. The van der Waals surface area contributed by atoms with E-state index in [-0.39, 0.29) is 11.8 Å². The van der Waals surface area contributed by atoms with Gasteiger partial charge < -0.3 is 11.1 Å². The molecule has 0 aromatic heterocycles. The number of rotatable bonds is 6. The van der Waals surface area contributed by atoms with Gasteiger partial charge in [-0.2, -0.15) is 0 Å². The minimum absolute atomic E-state index is 0.00332. The lowest BCUT2D eigenvalue weighted by Gasteiger charge is -2.23. The van der Waals surface area contributed by atoms with Crippen molar-refractivity contribution in [1.82, 2.24) is 5.32 Å². The molecule has 2 saturated carbocycles. The van der Waals surface area contributed by atoms with Gasteiger partial charge in [0.2, 0.25) is 5.91 Å². The molecular formula is C15H28N2O. The predicted octanol–water partition coefficient (Wildman–Crippen LogP) is 2.16. The summed E-state index contributed by atoms with van der Waals surface area (Å²) in [5.41, 5.74) is 5.71. The van der Waals surface area contributed by atoms with Crippen molar-refractivity contribution in [2.45, 2.75) is 46.0 Å². The fourth-order valence-electron chi connectivity index (χ4n) is 3.88. The molecule has 18 heavy (non-hydrogen) atoms. The molecule has 104 valence electrons. The number of amides is 1. The molecule has 1 amide bonds. The molecule has 0 aromatic carbocycles. The topological polar surface area (TPSA) is 55.1 Å². The zero-order valence-corrected chi connectivity index (χ0v) is 11.8. The Labute approximate surface area is 111 Å². The molecule has 0 aromatic rings. The molecule has 2 rings (SSSR count). The number of carbonyl (C=O) groups is 1. The van der Waals surface area contributed by atoms with E-state index >= 15 is 0 Å². The molecule has 4 atom stereocenters. The lowest BCUT2D eigenvalue weighted by atomic mass is 9.88. The first kappa shape index (κ1) is 13.9. The van der Waals surface area contributed by atoms with Gasteiger partial charge in [0, 0.05) is 13.1 Å². The molecule has 0 spiro atoms. The Morgan fingerprint density at radius 2 is 2.11 bits per heavy atom. The van der Waals surface area contributed by atoms with Gasteiger partial charge in [0.05, 0.1) is 5.92 Å². The van der Waals surface area contributed by atoms with Crippen molar-refractivity contribution in [3.8, 4) is 0 Å². The molecule has 2 bridgehead atoms. The molecular weight excluding hydrogens is 224 g/mol. The lowest BCUT2D eigenvalue weighted by Crippen LogP contribution is -2.39. The summed E-state index contributed by atoms with van der Waals surface area (Å²) in [6.07, 6.45) is 6.46.